The first-order valence-electron chi connectivity index (χ1n) is 6.96. The van der Waals surface area contributed by atoms with E-state index in [9.17, 15) is 0 Å². The molecule has 0 radical (unpaired) electrons. The lowest BCUT2D eigenvalue weighted by Gasteiger charge is -2.30. The van der Waals surface area contributed by atoms with Crippen molar-refractivity contribution in [2.75, 3.05) is 18.1 Å². The van der Waals surface area contributed by atoms with E-state index in [1.165, 1.54) is 41.2 Å². The second-order valence-corrected chi connectivity index (χ2v) is 8.91. The van der Waals surface area contributed by atoms with Crippen LogP contribution in [0.25, 0.3) is 0 Å². The van der Waals surface area contributed by atoms with Gasteiger partial charge in [-0.15, -0.1) is 11.8 Å². The molecule has 0 aliphatic carbocycles. The maximum Gasteiger partial charge on any atom is 0.0410 e. The summed E-state index contributed by atoms with van der Waals surface area (Å²) < 4.78 is 0.434. The summed E-state index contributed by atoms with van der Waals surface area (Å²) in [6.07, 6.45) is 3.92. The molecule has 2 heterocycles. The number of rotatable bonds is 3. The molecule has 2 atom stereocenters. The van der Waals surface area contributed by atoms with Crippen molar-refractivity contribution in [1.82, 2.24) is 5.32 Å². The highest BCUT2D eigenvalue weighted by atomic mass is 35.5. The monoisotopic (exact) mass is 313 g/mol. The fraction of sp³-hybridized carbons (Fsp3) is 0.600. The van der Waals surface area contributed by atoms with Gasteiger partial charge in [-0.3, -0.25) is 0 Å². The van der Waals surface area contributed by atoms with Crippen LogP contribution in [0.2, 0.25) is 5.02 Å². The largest absolute Gasteiger partial charge is 0.308 e. The topological polar surface area (TPSA) is 12.0 Å². The summed E-state index contributed by atoms with van der Waals surface area (Å²) in [4.78, 5) is 1.40. The third kappa shape index (κ3) is 3.26. The van der Waals surface area contributed by atoms with Crippen LogP contribution in [0.5, 0.6) is 0 Å². The van der Waals surface area contributed by atoms with E-state index < -0.39 is 0 Å². The van der Waals surface area contributed by atoms with Crippen molar-refractivity contribution in [3.05, 3.63) is 28.8 Å². The Morgan fingerprint density at radius 3 is 3.11 bits per heavy atom. The molecule has 1 fully saturated rings. The molecule has 0 spiro atoms. The van der Waals surface area contributed by atoms with Crippen LogP contribution in [0.3, 0.4) is 0 Å². The summed E-state index contributed by atoms with van der Waals surface area (Å²) in [5, 5.41) is 4.65. The fourth-order valence-corrected chi connectivity index (χ4v) is 5.43. The number of fused-ring (bicyclic) bond motifs is 1. The SMILES string of the molecule is CC1(CNC2CCSc3ccc(Cl)cc32)CCCS1. The summed E-state index contributed by atoms with van der Waals surface area (Å²) in [6.45, 7) is 3.51. The lowest BCUT2D eigenvalue weighted by molar-refractivity contribution is 0.457. The van der Waals surface area contributed by atoms with Crippen molar-refractivity contribution >= 4 is 35.1 Å². The number of hydrogen-bond acceptors (Lipinski definition) is 3. The van der Waals surface area contributed by atoms with Gasteiger partial charge in [-0.05, 0) is 61.5 Å². The van der Waals surface area contributed by atoms with Crippen LogP contribution >= 0.6 is 35.1 Å². The molecule has 2 unspecified atom stereocenters. The van der Waals surface area contributed by atoms with Gasteiger partial charge in [-0.25, -0.2) is 0 Å². The third-order valence-electron chi connectivity index (χ3n) is 4.03. The Balaban J connectivity index is 1.71. The van der Waals surface area contributed by atoms with Gasteiger partial charge < -0.3 is 5.32 Å². The zero-order valence-corrected chi connectivity index (χ0v) is 13.6. The fourth-order valence-electron chi connectivity index (χ4n) is 2.89. The summed E-state index contributed by atoms with van der Waals surface area (Å²) in [5.74, 6) is 2.53. The molecule has 2 aliphatic rings. The Morgan fingerprint density at radius 2 is 2.32 bits per heavy atom. The molecule has 4 heteroatoms. The molecule has 0 saturated carbocycles. The second-order valence-electron chi connectivity index (χ2n) is 5.65. The molecule has 1 N–H and O–H groups in total. The van der Waals surface area contributed by atoms with Crippen molar-refractivity contribution < 1.29 is 0 Å². The molecule has 2 aliphatic heterocycles. The molecule has 0 aromatic heterocycles. The highest BCUT2D eigenvalue weighted by Gasteiger charge is 2.31. The molecule has 19 heavy (non-hydrogen) atoms. The summed E-state index contributed by atoms with van der Waals surface area (Å²) in [5.41, 5.74) is 1.40. The average molecular weight is 314 g/mol. The van der Waals surface area contributed by atoms with E-state index in [1.54, 1.807) is 0 Å². The second kappa shape index (κ2) is 5.88. The van der Waals surface area contributed by atoms with Crippen LogP contribution in [0.1, 0.15) is 37.8 Å². The Bertz CT molecular complexity index is 457. The van der Waals surface area contributed by atoms with Crippen LogP contribution in [0.15, 0.2) is 23.1 Å². The van der Waals surface area contributed by atoms with Crippen molar-refractivity contribution in [3.8, 4) is 0 Å². The van der Waals surface area contributed by atoms with E-state index in [0.29, 0.717) is 10.8 Å². The Morgan fingerprint density at radius 1 is 1.42 bits per heavy atom. The molecule has 1 nitrogen and oxygen atoms in total. The standard InChI is InChI=1S/C15H20ClNS2/c1-15(6-2-7-19-15)10-17-13-5-8-18-14-4-3-11(16)9-12(13)14/h3-4,9,13,17H,2,5-8,10H2,1H3. The van der Waals surface area contributed by atoms with Gasteiger partial charge in [-0.2, -0.15) is 11.8 Å². The van der Waals surface area contributed by atoms with E-state index in [2.05, 4.69) is 36.1 Å². The molecular weight excluding hydrogens is 294 g/mol. The van der Waals surface area contributed by atoms with E-state index in [-0.39, 0.29) is 0 Å². The van der Waals surface area contributed by atoms with Crippen LogP contribution in [-0.4, -0.2) is 22.8 Å². The maximum atomic E-state index is 6.16. The quantitative estimate of drug-likeness (QED) is 0.864. The van der Waals surface area contributed by atoms with Gasteiger partial charge in [0.25, 0.3) is 0 Å². The lowest BCUT2D eigenvalue weighted by Crippen LogP contribution is -2.36. The van der Waals surface area contributed by atoms with Crippen molar-refractivity contribution in [3.63, 3.8) is 0 Å². The van der Waals surface area contributed by atoms with Crippen molar-refractivity contribution in [1.29, 1.82) is 0 Å². The Kier molecular flexibility index (Phi) is 4.37. The van der Waals surface area contributed by atoms with Crippen molar-refractivity contribution in [2.24, 2.45) is 0 Å². The number of thioether (sulfide) groups is 2. The van der Waals surface area contributed by atoms with Gasteiger partial charge in [0, 0.05) is 27.3 Å². The normalized spacial score (nSPS) is 30.3. The maximum absolute atomic E-state index is 6.16. The van der Waals surface area contributed by atoms with Gasteiger partial charge in [0.05, 0.1) is 0 Å². The first-order chi connectivity index (χ1) is 9.16. The van der Waals surface area contributed by atoms with E-state index >= 15 is 0 Å². The van der Waals surface area contributed by atoms with Crippen LogP contribution < -0.4 is 5.32 Å². The minimum absolute atomic E-state index is 0.434. The first-order valence-corrected chi connectivity index (χ1v) is 9.31. The van der Waals surface area contributed by atoms with E-state index in [1.807, 2.05) is 17.8 Å². The molecular formula is C15H20ClNS2. The van der Waals surface area contributed by atoms with Gasteiger partial charge in [0.1, 0.15) is 0 Å². The van der Waals surface area contributed by atoms with Gasteiger partial charge in [0.2, 0.25) is 0 Å². The predicted molar refractivity (Wildman–Crippen MR) is 87.6 cm³/mol. The number of benzene rings is 1. The number of nitrogens with one attached hydrogen (secondary N) is 1. The van der Waals surface area contributed by atoms with Gasteiger partial charge in [-0.1, -0.05) is 11.6 Å². The Labute approximate surface area is 129 Å². The van der Waals surface area contributed by atoms with E-state index in [4.69, 9.17) is 11.6 Å². The molecule has 3 rings (SSSR count). The van der Waals surface area contributed by atoms with E-state index in [0.717, 1.165) is 11.6 Å². The smallest absolute Gasteiger partial charge is 0.0410 e. The minimum Gasteiger partial charge on any atom is -0.308 e. The first kappa shape index (κ1) is 14.1. The minimum atomic E-state index is 0.434. The number of hydrogen-bond donors (Lipinski definition) is 1. The predicted octanol–water partition coefficient (Wildman–Crippen LogP) is 4.75. The van der Waals surface area contributed by atoms with Gasteiger partial charge >= 0.3 is 0 Å². The van der Waals surface area contributed by atoms with Crippen LogP contribution in [0, 0.1) is 0 Å². The molecule has 1 aromatic carbocycles. The zero-order chi connectivity index (χ0) is 13.3. The molecule has 1 saturated heterocycles. The lowest BCUT2D eigenvalue weighted by atomic mass is 10.0. The highest BCUT2D eigenvalue weighted by molar-refractivity contribution is 8.00. The zero-order valence-electron chi connectivity index (χ0n) is 11.2. The average Bonchev–Trinajstić information content (AvgIpc) is 2.84. The van der Waals surface area contributed by atoms with Crippen LogP contribution in [-0.2, 0) is 0 Å². The van der Waals surface area contributed by atoms with Gasteiger partial charge in [0.15, 0.2) is 0 Å². The Hall–Kier alpha value is 0.170. The molecule has 0 bridgehead atoms. The summed E-state index contributed by atoms with van der Waals surface area (Å²) in [7, 11) is 0. The van der Waals surface area contributed by atoms with Crippen molar-refractivity contribution in [2.45, 2.75) is 41.9 Å². The van der Waals surface area contributed by atoms with Crippen LogP contribution in [0.4, 0.5) is 0 Å². The molecule has 104 valence electrons. The third-order valence-corrected chi connectivity index (χ3v) is 6.93. The number of halogens is 1. The molecule has 0 amide bonds. The molecule has 1 aromatic rings. The summed E-state index contributed by atoms with van der Waals surface area (Å²) >= 11 is 10.2. The summed E-state index contributed by atoms with van der Waals surface area (Å²) in [6, 6.07) is 6.80. The highest BCUT2D eigenvalue weighted by Crippen LogP contribution is 2.40.